The van der Waals surface area contributed by atoms with Crippen molar-refractivity contribution in [2.24, 2.45) is 5.73 Å². The molecule has 0 bridgehead atoms. The number of fused-ring (bicyclic) bond motifs is 2. The Labute approximate surface area is 181 Å². The Balaban J connectivity index is 0.000000233. The van der Waals surface area contributed by atoms with Gasteiger partial charge in [0.2, 0.25) is 0 Å². The number of aryl methyl sites for hydroxylation is 2. The van der Waals surface area contributed by atoms with Gasteiger partial charge in [-0.3, -0.25) is 4.79 Å². The zero-order valence-corrected chi connectivity index (χ0v) is 18.1. The Kier molecular flexibility index (Phi) is 7.33. The number of esters is 1. The van der Waals surface area contributed by atoms with Gasteiger partial charge in [0.1, 0.15) is 17.2 Å². The molecule has 168 valence electrons. The number of nitrogens with two attached hydrogens (primary N) is 1. The number of carboxylic acids is 1. The molecule has 8 heteroatoms. The van der Waals surface area contributed by atoms with Crippen LogP contribution >= 0.6 is 0 Å². The van der Waals surface area contributed by atoms with Gasteiger partial charge < -0.3 is 24.9 Å². The maximum absolute atomic E-state index is 11.8. The summed E-state index contributed by atoms with van der Waals surface area (Å²) in [5, 5.41) is 9.80. The number of benzene rings is 1. The molecule has 0 spiro atoms. The number of carbonyl (C=O) groups excluding carboxylic acids is 1. The maximum Gasteiger partial charge on any atom is 0.351 e. The van der Waals surface area contributed by atoms with Crippen LogP contribution in [0.1, 0.15) is 60.5 Å². The van der Waals surface area contributed by atoms with Gasteiger partial charge in [-0.2, -0.15) is 0 Å². The number of carboxylic acid groups (broad SMARTS) is 1. The lowest BCUT2D eigenvalue weighted by molar-refractivity contribution is -0.142. The molecule has 2 aliphatic rings. The van der Waals surface area contributed by atoms with E-state index in [0.717, 1.165) is 69.0 Å². The number of hydrogen-bond acceptors (Lipinski definition) is 7. The first-order chi connectivity index (χ1) is 14.9. The lowest BCUT2D eigenvalue weighted by Crippen LogP contribution is -2.34. The van der Waals surface area contributed by atoms with E-state index in [1.54, 1.807) is 0 Å². The van der Waals surface area contributed by atoms with E-state index in [2.05, 4.69) is 16.6 Å². The lowest BCUT2D eigenvalue weighted by Gasteiger charge is -2.37. The lowest BCUT2D eigenvalue weighted by atomic mass is 9.90. The number of ether oxygens (including phenoxy) is 1. The van der Waals surface area contributed by atoms with E-state index in [0.29, 0.717) is 5.58 Å². The molecule has 31 heavy (non-hydrogen) atoms. The second kappa shape index (κ2) is 9.96. The third-order valence-electron chi connectivity index (χ3n) is 5.82. The molecule has 1 aromatic carbocycles. The first-order valence-electron chi connectivity index (χ1n) is 10.8. The van der Waals surface area contributed by atoms with Gasteiger partial charge in [-0.15, -0.1) is 0 Å². The summed E-state index contributed by atoms with van der Waals surface area (Å²) >= 11 is 0. The number of nitrogens with zero attached hydrogens (tertiary/aromatic N) is 1. The number of aromatic carboxylic acids is 1. The summed E-state index contributed by atoms with van der Waals surface area (Å²) in [6, 6.07) is 3.01. The molecule has 2 aromatic rings. The largest absolute Gasteiger partial charge is 0.477 e. The van der Waals surface area contributed by atoms with Gasteiger partial charge in [0.15, 0.2) is 0 Å². The van der Waals surface area contributed by atoms with Crippen LogP contribution in [0.25, 0.3) is 11.0 Å². The molecule has 0 aliphatic carbocycles. The number of carbonyl (C=O) groups is 2. The minimum Gasteiger partial charge on any atom is -0.477 e. The van der Waals surface area contributed by atoms with Crippen molar-refractivity contribution in [2.45, 2.75) is 57.9 Å². The van der Waals surface area contributed by atoms with Crippen molar-refractivity contribution in [3.8, 4) is 0 Å². The molecule has 0 saturated heterocycles. The van der Waals surface area contributed by atoms with Gasteiger partial charge in [-0.1, -0.05) is 19.8 Å². The second-order valence-electron chi connectivity index (χ2n) is 8.00. The molecule has 3 N–H and O–H groups in total. The van der Waals surface area contributed by atoms with E-state index >= 15 is 0 Å². The average Bonchev–Trinajstić information content (AvgIpc) is 2.77. The van der Waals surface area contributed by atoms with Crippen LogP contribution in [0, 0.1) is 0 Å². The molecule has 2 aliphatic heterocycles. The van der Waals surface area contributed by atoms with Crippen molar-refractivity contribution in [3.05, 3.63) is 39.2 Å². The van der Waals surface area contributed by atoms with Gasteiger partial charge in [0.25, 0.3) is 0 Å². The summed E-state index contributed by atoms with van der Waals surface area (Å²) in [6.45, 7) is 4.15. The van der Waals surface area contributed by atoms with Gasteiger partial charge in [-0.25, -0.2) is 9.59 Å². The van der Waals surface area contributed by atoms with E-state index in [1.807, 2.05) is 6.07 Å². The number of unbranched alkanes of at least 4 members (excludes halogenated alkanes) is 1. The second-order valence-corrected chi connectivity index (χ2v) is 8.00. The molecule has 1 aromatic heterocycles. The molecule has 4 rings (SSSR count). The third-order valence-corrected chi connectivity index (χ3v) is 5.82. The highest BCUT2D eigenvalue weighted by Gasteiger charge is 2.27. The fourth-order valence-corrected chi connectivity index (χ4v) is 4.29. The van der Waals surface area contributed by atoms with Crippen molar-refractivity contribution in [3.63, 3.8) is 0 Å². The van der Waals surface area contributed by atoms with E-state index in [4.69, 9.17) is 15.3 Å². The molecule has 1 unspecified atom stereocenters. The first kappa shape index (κ1) is 22.8. The fraction of sp³-hybridized carbons (Fsp3) is 0.522. The van der Waals surface area contributed by atoms with Gasteiger partial charge >= 0.3 is 17.6 Å². The van der Waals surface area contributed by atoms with Crippen LogP contribution in [-0.2, 0) is 22.4 Å². The third kappa shape index (κ3) is 4.90. The Hall–Kier alpha value is -2.87. The number of rotatable bonds is 5. The molecule has 8 nitrogen and oxygen atoms in total. The Morgan fingerprint density at radius 3 is 2.61 bits per heavy atom. The summed E-state index contributed by atoms with van der Waals surface area (Å²) in [5.74, 6) is -1.55. The first-order valence-corrected chi connectivity index (χ1v) is 10.8. The van der Waals surface area contributed by atoms with Gasteiger partial charge in [0.05, 0.1) is 7.11 Å². The van der Waals surface area contributed by atoms with Gasteiger partial charge in [-0.05, 0) is 49.8 Å². The van der Waals surface area contributed by atoms with Crippen molar-refractivity contribution in [1.82, 2.24) is 0 Å². The van der Waals surface area contributed by atoms with Crippen LogP contribution < -0.4 is 16.3 Å². The Morgan fingerprint density at radius 2 is 1.97 bits per heavy atom. The average molecular weight is 431 g/mol. The number of methoxy groups -OCH3 is 1. The fourth-order valence-electron chi connectivity index (χ4n) is 4.29. The van der Waals surface area contributed by atoms with Crippen LogP contribution in [-0.4, -0.2) is 43.3 Å². The molecule has 3 heterocycles. The maximum atomic E-state index is 11.8. The highest BCUT2D eigenvalue weighted by Crippen LogP contribution is 2.39. The summed E-state index contributed by atoms with van der Waals surface area (Å²) in [4.78, 5) is 36.0. The van der Waals surface area contributed by atoms with Crippen LogP contribution in [0.15, 0.2) is 21.3 Å². The van der Waals surface area contributed by atoms with Crippen molar-refractivity contribution < 1.29 is 23.8 Å². The molecular weight excluding hydrogens is 400 g/mol. The van der Waals surface area contributed by atoms with E-state index in [-0.39, 0.29) is 11.5 Å². The molecule has 0 radical (unpaired) electrons. The molecule has 1 atom stereocenters. The molecule has 0 saturated carbocycles. The summed E-state index contributed by atoms with van der Waals surface area (Å²) in [6.07, 6.45) is 6.79. The van der Waals surface area contributed by atoms with Crippen LogP contribution in [0.4, 0.5) is 5.69 Å². The zero-order chi connectivity index (χ0) is 22.5. The standard InChI is InChI=1S/C16H15NO4.C7H15NO2/c18-15(19)12-8-10-7-9-3-1-5-17-6-2-4-11(13(9)17)14(10)21-16(12)20;1-3-4-5-6(8)7(9)10-2/h7-8H,1-6H2,(H,18,19);6H,3-5,8H2,1-2H3. The molecule has 0 fully saturated rings. The highest BCUT2D eigenvalue weighted by molar-refractivity contribution is 5.94. The van der Waals surface area contributed by atoms with Gasteiger partial charge in [0, 0.05) is 29.7 Å². The SMILES string of the molecule is CCCCC(N)C(=O)OC.O=C(O)c1cc2cc3c4c(c2oc1=O)CCCN4CCC3. The van der Waals surface area contributed by atoms with Crippen LogP contribution in [0.2, 0.25) is 0 Å². The molecule has 0 amide bonds. The van der Waals surface area contributed by atoms with Crippen LogP contribution in [0.3, 0.4) is 0 Å². The highest BCUT2D eigenvalue weighted by atomic mass is 16.5. The van der Waals surface area contributed by atoms with E-state index < -0.39 is 17.6 Å². The number of anilines is 1. The topological polar surface area (TPSA) is 123 Å². The monoisotopic (exact) mass is 430 g/mol. The van der Waals surface area contributed by atoms with Crippen LogP contribution in [0.5, 0.6) is 0 Å². The summed E-state index contributed by atoms with van der Waals surface area (Å²) in [7, 11) is 1.36. The Morgan fingerprint density at radius 1 is 1.26 bits per heavy atom. The number of hydrogen-bond donors (Lipinski definition) is 2. The minimum atomic E-state index is -1.24. The van der Waals surface area contributed by atoms with Crippen molar-refractivity contribution >= 4 is 28.6 Å². The van der Waals surface area contributed by atoms with E-state index in [1.165, 1.54) is 24.4 Å². The Bertz CT molecular complexity index is 1030. The smallest absolute Gasteiger partial charge is 0.351 e. The molecular formula is C23H30N2O6. The van der Waals surface area contributed by atoms with Crippen molar-refractivity contribution in [2.75, 3.05) is 25.1 Å². The predicted octanol–water partition coefficient (Wildman–Crippen LogP) is 2.87. The predicted molar refractivity (Wildman–Crippen MR) is 118 cm³/mol. The summed E-state index contributed by atoms with van der Waals surface area (Å²) < 4.78 is 9.81. The minimum absolute atomic E-state index is 0.293. The van der Waals surface area contributed by atoms with E-state index in [9.17, 15) is 14.4 Å². The van der Waals surface area contributed by atoms with Crippen molar-refractivity contribution in [1.29, 1.82) is 0 Å². The summed E-state index contributed by atoms with van der Waals surface area (Å²) in [5.41, 5.74) is 8.48. The quantitative estimate of drug-likeness (QED) is 0.548. The zero-order valence-electron chi connectivity index (χ0n) is 18.1. The normalized spacial score (nSPS) is 15.5.